The van der Waals surface area contributed by atoms with E-state index in [4.69, 9.17) is 27.9 Å². The predicted octanol–water partition coefficient (Wildman–Crippen LogP) is 4.61. The van der Waals surface area contributed by atoms with Crippen LogP contribution in [0.4, 0.5) is 4.79 Å². The van der Waals surface area contributed by atoms with Crippen molar-refractivity contribution in [3.8, 4) is 0 Å². The monoisotopic (exact) mass is 381 g/mol. The molecular weight excluding hydrogens is 365 g/mol. The van der Waals surface area contributed by atoms with Crippen molar-refractivity contribution in [1.29, 1.82) is 0 Å². The molecule has 7 heteroatoms. The number of ether oxygens (including phenoxy) is 1. The van der Waals surface area contributed by atoms with Crippen molar-refractivity contribution < 1.29 is 19.4 Å². The zero-order valence-electron chi connectivity index (χ0n) is 13.5. The maximum Gasteiger partial charge on any atom is 0.411 e. The molecule has 0 spiro atoms. The molecule has 0 saturated carbocycles. The predicted molar refractivity (Wildman–Crippen MR) is 95.7 cm³/mol. The lowest BCUT2D eigenvalue weighted by Crippen LogP contribution is -2.43. The van der Waals surface area contributed by atoms with Crippen LogP contribution in [-0.2, 0) is 22.7 Å². The summed E-state index contributed by atoms with van der Waals surface area (Å²) < 4.78 is 5.25. The van der Waals surface area contributed by atoms with Gasteiger partial charge in [-0.25, -0.2) is 9.59 Å². The Morgan fingerprint density at radius 3 is 2.44 bits per heavy atom. The van der Waals surface area contributed by atoms with Crippen molar-refractivity contribution in [3.05, 3.63) is 69.7 Å². The van der Waals surface area contributed by atoms with E-state index < -0.39 is 18.1 Å². The van der Waals surface area contributed by atoms with Crippen LogP contribution in [-0.4, -0.2) is 28.1 Å². The standard InChI is InChI=1S/C18H17Cl2NO4/c1-12(17(22)23)21(10-14-7-8-15(19)9-16(14)20)18(24)25-11-13-5-3-2-4-6-13/h2-9,12H,10-11H2,1H3,(H,22,23). The second kappa shape index (κ2) is 8.74. The molecule has 1 unspecified atom stereocenters. The minimum atomic E-state index is -1.14. The number of amides is 1. The zero-order valence-corrected chi connectivity index (χ0v) is 15.0. The lowest BCUT2D eigenvalue weighted by Gasteiger charge is -2.26. The fourth-order valence-electron chi connectivity index (χ4n) is 2.13. The number of carboxylic acids is 1. The minimum absolute atomic E-state index is 0.00289. The molecule has 1 N–H and O–H groups in total. The molecule has 0 fully saturated rings. The van der Waals surface area contributed by atoms with Gasteiger partial charge in [0.1, 0.15) is 12.6 Å². The second-order valence-corrected chi connectivity index (χ2v) is 6.26. The first kappa shape index (κ1) is 19.1. The maximum absolute atomic E-state index is 12.4. The lowest BCUT2D eigenvalue weighted by atomic mass is 10.2. The molecule has 0 aliphatic heterocycles. The molecule has 0 aliphatic rings. The fourth-order valence-corrected chi connectivity index (χ4v) is 2.60. The molecule has 0 saturated heterocycles. The molecule has 1 atom stereocenters. The molecule has 0 aliphatic carbocycles. The Labute approximate surface area is 155 Å². The summed E-state index contributed by atoms with van der Waals surface area (Å²) in [5.41, 5.74) is 1.39. The molecule has 0 aromatic heterocycles. The van der Waals surface area contributed by atoms with Gasteiger partial charge < -0.3 is 9.84 Å². The number of carbonyl (C=O) groups excluding carboxylic acids is 1. The second-order valence-electron chi connectivity index (χ2n) is 5.42. The maximum atomic E-state index is 12.4. The summed E-state index contributed by atoms with van der Waals surface area (Å²) in [5, 5.41) is 10.1. The summed E-state index contributed by atoms with van der Waals surface area (Å²) in [6, 6.07) is 12.9. The van der Waals surface area contributed by atoms with Gasteiger partial charge in [-0.1, -0.05) is 59.6 Å². The Bertz CT molecular complexity index is 752. The number of benzene rings is 2. The molecule has 2 aromatic carbocycles. The number of rotatable bonds is 6. The number of carbonyl (C=O) groups is 2. The van der Waals surface area contributed by atoms with Crippen LogP contribution >= 0.6 is 23.2 Å². The Balaban J connectivity index is 2.14. The number of hydrogen-bond acceptors (Lipinski definition) is 3. The van der Waals surface area contributed by atoms with Crippen molar-refractivity contribution in [2.24, 2.45) is 0 Å². The quantitative estimate of drug-likeness (QED) is 0.793. The van der Waals surface area contributed by atoms with Crippen LogP contribution in [0.25, 0.3) is 0 Å². The highest BCUT2D eigenvalue weighted by molar-refractivity contribution is 6.35. The third-order valence-corrected chi connectivity index (χ3v) is 4.21. The molecule has 2 aromatic rings. The molecule has 5 nitrogen and oxygen atoms in total. The van der Waals surface area contributed by atoms with Crippen LogP contribution in [0.5, 0.6) is 0 Å². The summed E-state index contributed by atoms with van der Waals surface area (Å²) in [6.45, 7) is 1.46. The molecule has 0 bridgehead atoms. The largest absolute Gasteiger partial charge is 0.480 e. The van der Waals surface area contributed by atoms with Gasteiger partial charge >= 0.3 is 12.1 Å². The van der Waals surface area contributed by atoms with Gasteiger partial charge in [-0.2, -0.15) is 0 Å². The van der Waals surface area contributed by atoms with Gasteiger partial charge in [0.25, 0.3) is 0 Å². The van der Waals surface area contributed by atoms with Gasteiger partial charge in [0.05, 0.1) is 6.54 Å². The third kappa shape index (κ3) is 5.37. The topological polar surface area (TPSA) is 66.8 Å². The van der Waals surface area contributed by atoms with E-state index in [9.17, 15) is 14.7 Å². The highest BCUT2D eigenvalue weighted by Gasteiger charge is 2.27. The SMILES string of the molecule is CC(C(=O)O)N(Cc1ccc(Cl)cc1Cl)C(=O)OCc1ccccc1. The van der Waals surface area contributed by atoms with E-state index in [1.54, 1.807) is 12.1 Å². The van der Waals surface area contributed by atoms with E-state index in [0.29, 0.717) is 15.6 Å². The third-order valence-electron chi connectivity index (χ3n) is 3.62. The van der Waals surface area contributed by atoms with Gasteiger partial charge in [-0.15, -0.1) is 0 Å². The Kier molecular flexibility index (Phi) is 6.67. The zero-order chi connectivity index (χ0) is 18.4. The number of aliphatic carboxylic acids is 1. The van der Waals surface area contributed by atoms with Crippen LogP contribution in [0.15, 0.2) is 48.5 Å². The van der Waals surface area contributed by atoms with E-state index in [2.05, 4.69) is 0 Å². The first-order valence-corrected chi connectivity index (χ1v) is 8.28. The summed E-state index contributed by atoms with van der Waals surface area (Å²) in [6.07, 6.45) is -0.732. The normalized spacial score (nSPS) is 11.6. The minimum Gasteiger partial charge on any atom is -0.480 e. The molecular formula is C18H17Cl2NO4. The van der Waals surface area contributed by atoms with E-state index >= 15 is 0 Å². The van der Waals surface area contributed by atoms with Gasteiger partial charge in [-0.3, -0.25) is 4.90 Å². The Morgan fingerprint density at radius 2 is 1.84 bits per heavy atom. The average molecular weight is 382 g/mol. The molecule has 1 amide bonds. The van der Waals surface area contributed by atoms with Crippen molar-refractivity contribution in [1.82, 2.24) is 4.90 Å². The molecule has 2 rings (SSSR count). The van der Waals surface area contributed by atoms with Crippen LogP contribution in [0.2, 0.25) is 10.0 Å². The van der Waals surface area contributed by atoms with Crippen molar-refractivity contribution in [2.45, 2.75) is 26.1 Å². The summed E-state index contributed by atoms with van der Waals surface area (Å²) in [4.78, 5) is 24.9. The van der Waals surface area contributed by atoms with Crippen LogP contribution < -0.4 is 0 Å². The number of halogens is 2. The highest BCUT2D eigenvalue weighted by atomic mass is 35.5. The summed E-state index contributed by atoms with van der Waals surface area (Å²) in [7, 11) is 0. The van der Waals surface area contributed by atoms with Gasteiger partial charge in [0.2, 0.25) is 0 Å². The molecule has 25 heavy (non-hydrogen) atoms. The van der Waals surface area contributed by atoms with Gasteiger partial charge in [-0.05, 0) is 30.2 Å². The summed E-state index contributed by atoms with van der Waals surface area (Å²) in [5.74, 6) is -1.14. The van der Waals surface area contributed by atoms with E-state index in [1.165, 1.54) is 13.0 Å². The highest BCUT2D eigenvalue weighted by Crippen LogP contribution is 2.23. The van der Waals surface area contributed by atoms with E-state index in [-0.39, 0.29) is 13.2 Å². The lowest BCUT2D eigenvalue weighted by molar-refractivity contribution is -0.142. The van der Waals surface area contributed by atoms with E-state index in [1.807, 2.05) is 30.3 Å². The number of nitrogens with zero attached hydrogens (tertiary/aromatic N) is 1. The van der Waals surface area contributed by atoms with E-state index in [0.717, 1.165) is 10.5 Å². The van der Waals surface area contributed by atoms with Crippen LogP contribution in [0.3, 0.4) is 0 Å². The number of hydrogen-bond donors (Lipinski definition) is 1. The van der Waals surface area contributed by atoms with Gasteiger partial charge in [0, 0.05) is 10.0 Å². The van der Waals surface area contributed by atoms with Gasteiger partial charge in [0.15, 0.2) is 0 Å². The molecule has 132 valence electrons. The summed E-state index contributed by atoms with van der Waals surface area (Å²) >= 11 is 12.0. The molecule has 0 radical (unpaired) electrons. The molecule has 0 heterocycles. The van der Waals surface area contributed by atoms with Crippen molar-refractivity contribution in [2.75, 3.05) is 0 Å². The first-order chi connectivity index (χ1) is 11.9. The fraction of sp³-hybridized carbons (Fsp3) is 0.222. The van der Waals surface area contributed by atoms with Crippen molar-refractivity contribution in [3.63, 3.8) is 0 Å². The van der Waals surface area contributed by atoms with Crippen LogP contribution in [0, 0.1) is 0 Å². The van der Waals surface area contributed by atoms with Crippen molar-refractivity contribution >= 4 is 35.3 Å². The smallest absolute Gasteiger partial charge is 0.411 e. The first-order valence-electron chi connectivity index (χ1n) is 7.52. The number of carboxylic acid groups (broad SMARTS) is 1. The Hall–Kier alpha value is -2.24. The van der Waals surface area contributed by atoms with Crippen LogP contribution in [0.1, 0.15) is 18.1 Å². The average Bonchev–Trinajstić information content (AvgIpc) is 2.59. The Morgan fingerprint density at radius 1 is 1.16 bits per heavy atom.